The molecule has 1 fully saturated rings. The van der Waals surface area contributed by atoms with Crippen LogP contribution in [0.1, 0.15) is 6.42 Å². The quantitative estimate of drug-likeness (QED) is 0.603. The van der Waals surface area contributed by atoms with Crippen molar-refractivity contribution < 1.29 is 9.31 Å². The van der Waals surface area contributed by atoms with Gasteiger partial charge < -0.3 is 4.90 Å². The maximum absolute atomic E-state index is 13.2. The Hall–Kier alpha value is -1.30. The molecule has 1 aromatic rings. The van der Waals surface area contributed by atoms with Gasteiger partial charge >= 0.3 is 0 Å². The van der Waals surface area contributed by atoms with Gasteiger partial charge in [0, 0.05) is 31.0 Å². The molecular formula is C11H13FN2O2S. The van der Waals surface area contributed by atoms with Crippen molar-refractivity contribution in [3.05, 3.63) is 34.1 Å². The van der Waals surface area contributed by atoms with Crippen LogP contribution < -0.4 is 4.90 Å². The molecule has 1 aliphatic heterocycles. The van der Waals surface area contributed by atoms with Crippen molar-refractivity contribution in [1.29, 1.82) is 0 Å². The third kappa shape index (κ3) is 2.88. The predicted molar refractivity (Wildman–Crippen MR) is 67.2 cm³/mol. The van der Waals surface area contributed by atoms with Gasteiger partial charge in [-0.15, -0.1) is 0 Å². The van der Waals surface area contributed by atoms with Crippen LogP contribution in [0, 0.1) is 15.9 Å². The summed E-state index contributed by atoms with van der Waals surface area (Å²) in [6, 6.07) is 3.63. The summed E-state index contributed by atoms with van der Waals surface area (Å²) in [6.07, 6.45) is 0.971. The second kappa shape index (κ2) is 5.35. The Bertz CT molecular complexity index is 420. The van der Waals surface area contributed by atoms with E-state index in [-0.39, 0.29) is 5.69 Å². The summed E-state index contributed by atoms with van der Waals surface area (Å²) >= 11 is 1.83. The average Bonchev–Trinajstić information content (AvgIpc) is 2.56. The zero-order chi connectivity index (χ0) is 12.3. The maximum atomic E-state index is 13.2. The van der Waals surface area contributed by atoms with E-state index in [2.05, 4.69) is 0 Å². The lowest BCUT2D eigenvalue weighted by Crippen LogP contribution is -2.26. The van der Waals surface area contributed by atoms with Gasteiger partial charge in [-0.25, -0.2) is 4.39 Å². The van der Waals surface area contributed by atoms with E-state index in [1.54, 1.807) is 0 Å². The minimum atomic E-state index is -0.452. The van der Waals surface area contributed by atoms with Crippen LogP contribution in [0.15, 0.2) is 18.2 Å². The molecule has 0 aromatic heterocycles. The lowest BCUT2D eigenvalue weighted by Gasteiger charge is -2.21. The molecule has 17 heavy (non-hydrogen) atoms. The topological polar surface area (TPSA) is 46.4 Å². The fraction of sp³-hybridized carbons (Fsp3) is 0.455. The Balaban J connectivity index is 2.34. The number of thioether (sulfide) groups is 1. The van der Waals surface area contributed by atoms with E-state index in [4.69, 9.17) is 0 Å². The highest BCUT2D eigenvalue weighted by Crippen LogP contribution is 2.30. The van der Waals surface area contributed by atoms with Crippen LogP contribution in [-0.2, 0) is 0 Å². The smallest absolute Gasteiger partial charge is 0.292 e. The monoisotopic (exact) mass is 256 g/mol. The van der Waals surface area contributed by atoms with Crippen LogP contribution in [0.3, 0.4) is 0 Å². The lowest BCUT2D eigenvalue weighted by atomic mass is 10.2. The third-order valence-electron chi connectivity index (χ3n) is 2.70. The number of rotatable bonds is 2. The van der Waals surface area contributed by atoms with E-state index in [1.165, 1.54) is 12.1 Å². The second-order valence-electron chi connectivity index (χ2n) is 3.84. The molecular weight excluding hydrogens is 243 g/mol. The summed E-state index contributed by atoms with van der Waals surface area (Å²) in [5.74, 6) is 1.55. The fourth-order valence-electron chi connectivity index (χ4n) is 1.89. The van der Waals surface area contributed by atoms with E-state index >= 15 is 0 Å². The molecule has 92 valence electrons. The SMILES string of the molecule is O=[N+]([O-])c1ccc(F)cc1N1CCCSCC1. The molecule has 0 atom stereocenters. The number of hydrogen-bond acceptors (Lipinski definition) is 4. The zero-order valence-corrected chi connectivity index (χ0v) is 10.1. The molecule has 1 saturated heterocycles. The van der Waals surface area contributed by atoms with Crippen molar-refractivity contribution >= 4 is 23.1 Å². The first-order chi connectivity index (χ1) is 8.18. The first kappa shape index (κ1) is 12.2. The molecule has 0 N–H and O–H groups in total. The summed E-state index contributed by atoms with van der Waals surface area (Å²) in [7, 11) is 0. The van der Waals surface area contributed by atoms with Crippen LogP contribution >= 0.6 is 11.8 Å². The van der Waals surface area contributed by atoms with Crippen molar-refractivity contribution in [2.75, 3.05) is 29.5 Å². The van der Waals surface area contributed by atoms with Crippen LogP contribution in [-0.4, -0.2) is 29.5 Å². The maximum Gasteiger partial charge on any atom is 0.292 e. The molecule has 1 aliphatic rings. The Morgan fingerprint density at radius 2 is 2.18 bits per heavy atom. The summed E-state index contributed by atoms with van der Waals surface area (Å²) in [4.78, 5) is 12.4. The van der Waals surface area contributed by atoms with Crippen molar-refractivity contribution in [3.63, 3.8) is 0 Å². The van der Waals surface area contributed by atoms with Crippen LogP contribution in [0.2, 0.25) is 0 Å². The Kier molecular flexibility index (Phi) is 3.83. The van der Waals surface area contributed by atoms with Crippen LogP contribution in [0.25, 0.3) is 0 Å². The van der Waals surface area contributed by atoms with Gasteiger partial charge in [-0.05, 0) is 18.2 Å². The second-order valence-corrected chi connectivity index (χ2v) is 5.07. The highest BCUT2D eigenvalue weighted by Gasteiger charge is 2.21. The molecule has 0 unspecified atom stereocenters. The zero-order valence-electron chi connectivity index (χ0n) is 9.26. The molecule has 0 aliphatic carbocycles. The number of hydrogen-bond donors (Lipinski definition) is 0. The molecule has 0 amide bonds. The lowest BCUT2D eigenvalue weighted by molar-refractivity contribution is -0.384. The average molecular weight is 256 g/mol. The molecule has 0 bridgehead atoms. The number of nitro benzene ring substituents is 1. The molecule has 1 heterocycles. The number of nitrogens with zero attached hydrogens (tertiary/aromatic N) is 2. The highest BCUT2D eigenvalue weighted by molar-refractivity contribution is 7.99. The number of nitro groups is 1. The van der Waals surface area contributed by atoms with Gasteiger partial charge in [0.1, 0.15) is 11.5 Å². The first-order valence-electron chi connectivity index (χ1n) is 5.45. The van der Waals surface area contributed by atoms with Crippen LogP contribution in [0.4, 0.5) is 15.8 Å². The normalized spacial score (nSPS) is 16.6. The summed E-state index contributed by atoms with van der Waals surface area (Å²) < 4.78 is 13.2. The van der Waals surface area contributed by atoms with Crippen LogP contribution in [0.5, 0.6) is 0 Å². The number of halogens is 1. The molecule has 2 rings (SSSR count). The largest absolute Gasteiger partial charge is 0.365 e. The fourth-order valence-corrected chi connectivity index (χ4v) is 2.78. The van der Waals surface area contributed by atoms with E-state index in [0.29, 0.717) is 5.69 Å². The Labute approximate surface area is 103 Å². The van der Waals surface area contributed by atoms with Gasteiger partial charge in [-0.3, -0.25) is 10.1 Å². The molecule has 0 spiro atoms. The first-order valence-corrected chi connectivity index (χ1v) is 6.60. The van der Waals surface area contributed by atoms with E-state index < -0.39 is 10.7 Å². The summed E-state index contributed by atoms with van der Waals surface area (Å²) in [6.45, 7) is 1.48. The Morgan fingerprint density at radius 3 is 2.94 bits per heavy atom. The van der Waals surface area contributed by atoms with Gasteiger partial charge in [-0.1, -0.05) is 0 Å². The molecule has 0 saturated carbocycles. The van der Waals surface area contributed by atoms with Crippen molar-refractivity contribution in [2.24, 2.45) is 0 Å². The van der Waals surface area contributed by atoms with Gasteiger partial charge in [0.05, 0.1) is 4.92 Å². The highest BCUT2D eigenvalue weighted by atomic mass is 32.2. The standard InChI is InChI=1S/C11H13FN2O2S/c12-9-2-3-10(14(15)16)11(8-9)13-4-1-6-17-7-5-13/h2-3,8H,1,4-7H2. The van der Waals surface area contributed by atoms with Gasteiger partial charge in [0.25, 0.3) is 5.69 Å². The van der Waals surface area contributed by atoms with E-state index in [0.717, 1.165) is 37.1 Å². The predicted octanol–water partition coefficient (Wildman–Crippen LogP) is 2.68. The number of anilines is 1. The minimum Gasteiger partial charge on any atom is -0.365 e. The molecule has 1 aromatic carbocycles. The van der Waals surface area contributed by atoms with Crippen molar-refractivity contribution in [3.8, 4) is 0 Å². The van der Waals surface area contributed by atoms with Gasteiger partial charge in [0.2, 0.25) is 0 Å². The Morgan fingerprint density at radius 1 is 1.35 bits per heavy atom. The molecule has 0 radical (unpaired) electrons. The third-order valence-corrected chi connectivity index (χ3v) is 3.75. The van der Waals surface area contributed by atoms with Crippen molar-refractivity contribution in [1.82, 2.24) is 0 Å². The van der Waals surface area contributed by atoms with Gasteiger partial charge in [-0.2, -0.15) is 11.8 Å². The van der Waals surface area contributed by atoms with Gasteiger partial charge in [0.15, 0.2) is 0 Å². The van der Waals surface area contributed by atoms with E-state index in [1.807, 2.05) is 16.7 Å². The number of benzene rings is 1. The minimum absolute atomic E-state index is 0.0155. The van der Waals surface area contributed by atoms with Crippen molar-refractivity contribution in [2.45, 2.75) is 6.42 Å². The molecule has 6 heteroatoms. The summed E-state index contributed by atoms with van der Waals surface area (Å²) in [5, 5.41) is 10.9. The molecule has 4 nitrogen and oxygen atoms in total. The summed E-state index contributed by atoms with van der Waals surface area (Å²) in [5.41, 5.74) is 0.385. The van der Waals surface area contributed by atoms with E-state index in [9.17, 15) is 14.5 Å².